The minimum atomic E-state index is -4.61. The average molecular weight is 431 g/mol. The third-order valence-electron chi connectivity index (χ3n) is 5.28. The predicted octanol–water partition coefficient (Wildman–Crippen LogP) is 2.79. The van der Waals surface area contributed by atoms with Crippen LogP contribution in [0.5, 0.6) is 0 Å². The number of halogens is 5. The number of carbonyl (C=O) groups is 1. The number of aryl methyl sites for hydroxylation is 1. The summed E-state index contributed by atoms with van der Waals surface area (Å²) in [4.78, 5) is 15.9. The first-order valence-electron chi connectivity index (χ1n) is 9.35. The number of carbonyl (C=O) groups excluding carboxylic acids is 1. The van der Waals surface area contributed by atoms with Gasteiger partial charge in [-0.2, -0.15) is 13.2 Å². The zero-order valence-corrected chi connectivity index (χ0v) is 16.8. The van der Waals surface area contributed by atoms with Gasteiger partial charge in [-0.05, 0) is 50.7 Å². The maximum atomic E-state index is 14.2. The predicted molar refractivity (Wildman–Crippen MR) is 97.3 cm³/mol. The molecule has 2 aromatic rings. The Morgan fingerprint density at radius 1 is 1.17 bits per heavy atom. The molecule has 0 saturated carbocycles. The molecular weight excluding hydrogens is 409 g/mol. The summed E-state index contributed by atoms with van der Waals surface area (Å²) in [5, 5.41) is 6.76. The first-order valence-corrected chi connectivity index (χ1v) is 9.35. The summed E-state index contributed by atoms with van der Waals surface area (Å²) in [6, 6.07) is 1.84. The Kier molecular flexibility index (Phi) is 6.11. The molecule has 1 amide bonds. The van der Waals surface area contributed by atoms with Gasteiger partial charge in [-0.1, -0.05) is 0 Å². The Morgan fingerprint density at radius 2 is 1.87 bits per heavy atom. The first-order chi connectivity index (χ1) is 14.0. The number of benzene rings is 1. The number of hydrogen-bond donors (Lipinski definition) is 0. The van der Waals surface area contributed by atoms with E-state index in [2.05, 4.69) is 10.2 Å². The Hall–Kier alpha value is -2.56. The van der Waals surface area contributed by atoms with Crippen LogP contribution in [-0.4, -0.2) is 57.2 Å². The topological polar surface area (TPSA) is 54.3 Å². The van der Waals surface area contributed by atoms with Gasteiger partial charge in [-0.15, -0.1) is 10.2 Å². The molecular formula is C19H22F5N5O. The van der Waals surface area contributed by atoms with Crippen molar-refractivity contribution in [1.82, 2.24) is 24.6 Å². The van der Waals surface area contributed by atoms with Crippen LogP contribution in [0.25, 0.3) is 0 Å². The third-order valence-corrected chi connectivity index (χ3v) is 5.28. The molecule has 0 bridgehead atoms. The summed E-state index contributed by atoms with van der Waals surface area (Å²) in [6.07, 6.45) is -4.49. The molecule has 11 heteroatoms. The molecule has 30 heavy (non-hydrogen) atoms. The zero-order valence-electron chi connectivity index (χ0n) is 16.8. The van der Waals surface area contributed by atoms with Gasteiger partial charge < -0.3 is 14.4 Å². The summed E-state index contributed by atoms with van der Waals surface area (Å²) < 4.78 is 67.9. The minimum Gasteiger partial charge on any atom is -0.333 e. The van der Waals surface area contributed by atoms with Crippen LogP contribution in [0.1, 0.15) is 29.2 Å². The van der Waals surface area contributed by atoms with Crippen LogP contribution in [0.3, 0.4) is 0 Å². The highest BCUT2D eigenvalue weighted by atomic mass is 19.4. The van der Waals surface area contributed by atoms with Crippen LogP contribution < -0.4 is 0 Å². The molecule has 0 saturated heterocycles. The SMILES string of the molecule is Cc1cc(F)c(CC(CC(=O)N2CCn3c(nnc3C(F)(F)F)C2)N(C)C)cc1F. The van der Waals surface area contributed by atoms with E-state index in [0.29, 0.717) is 0 Å². The molecule has 1 aliphatic heterocycles. The molecule has 1 atom stereocenters. The molecule has 0 N–H and O–H groups in total. The van der Waals surface area contributed by atoms with E-state index >= 15 is 0 Å². The van der Waals surface area contributed by atoms with E-state index in [0.717, 1.165) is 16.7 Å². The number of alkyl halides is 3. The standard InChI is InChI=1S/C19H22F5N5O/c1-11-6-15(21)12(8-14(11)20)7-13(27(2)3)9-17(30)28-4-5-29-16(10-28)25-26-18(29)19(22,23)24/h6,8,13H,4-5,7,9-10H2,1-3H3. The molecule has 1 unspecified atom stereocenters. The van der Waals surface area contributed by atoms with Crippen molar-refractivity contribution in [2.24, 2.45) is 0 Å². The Morgan fingerprint density at radius 3 is 2.50 bits per heavy atom. The average Bonchev–Trinajstić information content (AvgIpc) is 3.08. The minimum absolute atomic E-state index is 0.00218. The summed E-state index contributed by atoms with van der Waals surface area (Å²) in [5.74, 6) is -2.38. The number of rotatable bonds is 5. The lowest BCUT2D eigenvalue weighted by atomic mass is 9.99. The fourth-order valence-electron chi connectivity index (χ4n) is 3.45. The monoisotopic (exact) mass is 431 g/mol. The van der Waals surface area contributed by atoms with Crippen molar-refractivity contribution in [3.63, 3.8) is 0 Å². The van der Waals surface area contributed by atoms with Crippen LogP contribution in [0.4, 0.5) is 22.0 Å². The van der Waals surface area contributed by atoms with Gasteiger partial charge in [0.25, 0.3) is 0 Å². The number of fused-ring (bicyclic) bond motifs is 1. The van der Waals surface area contributed by atoms with Gasteiger partial charge in [-0.3, -0.25) is 4.79 Å². The van der Waals surface area contributed by atoms with Gasteiger partial charge in [0.1, 0.15) is 11.6 Å². The van der Waals surface area contributed by atoms with Crippen LogP contribution in [0, 0.1) is 18.6 Å². The summed E-state index contributed by atoms with van der Waals surface area (Å²) in [6.45, 7) is 1.40. The molecule has 3 rings (SSSR count). The number of amides is 1. The molecule has 164 valence electrons. The highest BCUT2D eigenvalue weighted by molar-refractivity contribution is 5.77. The Labute approximate surface area is 170 Å². The molecule has 0 spiro atoms. The highest BCUT2D eigenvalue weighted by Crippen LogP contribution is 2.29. The van der Waals surface area contributed by atoms with Crippen LogP contribution in [-0.2, 0) is 30.5 Å². The second-order valence-electron chi connectivity index (χ2n) is 7.62. The van der Waals surface area contributed by atoms with Gasteiger partial charge >= 0.3 is 6.18 Å². The van der Waals surface area contributed by atoms with Crippen molar-refractivity contribution < 1.29 is 26.7 Å². The summed E-state index contributed by atoms with van der Waals surface area (Å²) in [7, 11) is 3.45. The molecule has 0 aliphatic carbocycles. The lowest BCUT2D eigenvalue weighted by Crippen LogP contribution is -2.43. The van der Waals surface area contributed by atoms with Crippen molar-refractivity contribution >= 4 is 5.91 Å². The quantitative estimate of drug-likeness (QED) is 0.684. The van der Waals surface area contributed by atoms with Crippen LogP contribution in [0.2, 0.25) is 0 Å². The number of likely N-dealkylation sites (N-methyl/N-ethyl adjacent to an activating group) is 1. The lowest BCUT2D eigenvalue weighted by molar-refractivity contribution is -0.148. The van der Waals surface area contributed by atoms with E-state index in [1.807, 2.05) is 0 Å². The van der Waals surface area contributed by atoms with E-state index in [1.165, 1.54) is 11.8 Å². The van der Waals surface area contributed by atoms with Crippen molar-refractivity contribution in [3.8, 4) is 0 Å². The maximum absolute atomic E-state index is 14.2. The molecule has 1 aromatic heterocycles. The second kappa shape index (κ2) is 8.29. The molecule has 2 heterocycles. The maximum Gasteiger partial charge on any atom is 0.451 e. The second-order valence-corrected chi connectivity index (χ2v) is 7.62. The molecule has 6 nitrogen and oxygen atoms in total. The fourth-order valence-corrected chi connectivity index (χ4v) is 3.45. The number of nitrogens with zero attached hydrogens (tertiary/aromatic N) is 5. The van der Waals surface area contributed by atoms with Gasteiger partial charge in [-0.25, -0.2) is 8.78 Å². The van der Waals surface area contributed by atoms with Crippen molar-refractivity contribution in [3.05, 3.63) is 46.5 Å². The van der Waals surface area contributed by atoms with E-state index in [9.17, 15) is 26.7 Å². The lowest BCUT2D eigenvalue weighted by Gasteiger charge is -2.31. The van der Waals surface area contributed by atoms with E-state index in [-0.39, 0.29) is 55.3 Å². The largest absolute Gasteiger partial charge is 0.451 e. The molecule has 0 radical (unpaired) electrons. The number of hydrogen-bond acceptors (Lipinski definition) is 4. The molecule has 0 fully saturated rings. The van der Waals surface area contributed by atoms with Gasteiger partial charge in [0.05, 0.1) is 6.54 Å². The van der Waals surface area contributed by atoms with E-state index in [1.54, 1.807) is 19.0 Å². The van der Waals surface area contributed by atoms with Gasteiger partial charge in [0, 0.05) is 25.6 Å². The van der Waals surface area contributed by atoms with Crippen molar-refractivity contribution in [1.29, 1.82) is 0 Å². The smallest absolute Gasteiger partial charge is 0.333 e. The van der Waals surface area contributed by atoms with Gasteiger partial charge in [0.15, 0.2) is 5.82 Å². The van der Waals surface area contributed by atoms with Gasteiger partial charge in [0.2, 0.25) is 11.7 Å². The first kappa shape index (κ1) is 22.1. The summed E-state index contributed by atoms with van der Waals surface area (Å²) in [5.41, 5.74) is 0.363. The van der Waals surface area contributed by atoms with Crippen LogP contribution >= 0.6 is 0 Å². The Balaban J connectivity index is 1.71. The van der Waals surface area contributed by atoms with E-state index < -0.39 is 29.7 Å². The van der Waals surface area contributed by atoms with Crippen LogP contribution in [0.15, 0.2) is 12.1 Å². The van der Waals surface area contributed by atoms with E-state index in [4.69, 9.17) is 0 Å². The molecule has 1 aliphatic rings. The Bertz CT molecular complexity index is 940. The molecule has 1 aromatic carbocycles. The van der Waals surface area contributed by atoms with Crippen molar-refractivity contribution in [2.75, 3.05) is 20.6 Å². The summed E-state index contributed by atoms with van der Waals surface area (Å²) >= 11 is 0. The third kappa shape index (κ3) is 4.61. The van der Waals surface area contributed by atoms with Crippen molar-refractivity contribution in [2.45, 2.75) is 45.1 Å². The zero-order chi connectivity index (χ0) is 22.2. The fraction of sp³-hybridized carbons (Fsp3) is 0.526. The number of aromatic nitrogens is 3. The highest BCUT2D eigenvalue weighted by Gasteiger charge is 2.40. The normalized spacial score (nSPS) is 15.4.